The Kier molecular flexibility index (Phi) is 1.29. The number of hydrogen-bond donors (Lipinski definition) is 0. The Morgan fingerprint density at radius 1 is 1.38 bits per heavy atom. The van der Waals surface area contributed by atoms with E-state index >= 15 is 0 Å². The first-order valence-electron chi connectivity index (χ1n) is 2.72. The smallest absolute Gasteiger partial charge is 0.177 e. The average Bonchev–Trinajstić information content (AvgIpc) is 1.77. The lowest BCUT2D eigenvalue weighted by atomic mass is 10.4. The van der Waals surface area contributed by atoms with E-state index in [1.807, 2.05) is 25.4 Å². The molecule has 0 aliphatic carbocycles. The van der Waals surface area contributed by atoms with Crippen LogP contribution in [-0.4, -0.2) is 0 Å². The zero-order valence-electron chi connectivity index (χ0n) is 5.26. The first kappa shape index (κ1) is 5.29. The van der Waals surface area contributed by atoms with Gasteiger partial charge in [-0.3, -0.25) is 0 Å². The molecular weight excluding hydrogens is 98.1 g/mol. The van der Waals surface area contributed by atoms with Crippen LogP contribution in [0.2, 0.25) is 0 Å². The van der Waals surface area contributed by atoms with E-state index in [4.69, 9.17) is 0 Å². The summed E-state index contributed by atoms with van der Waals surface area (Å²) in [6, 6.07) is 6.14. The highest BCUT2D eigenvalue weighted by Gasteiger charge is 1.91. The van der Waals surface area contributed by atoms with Crippen LogP contribution in [0, 0.1) is 6.92 Å². The fourth-order valence-electron chi connectivity index (χ4n) is 0.609. The van der Waals surface area contributed by atoms with E-state index in [2.05, 4.69) is 17.6 Å². The molecule has 0 aliphatic rings. The fourth-order valence-corrected chi connectivity index (χ4v) is 0.609. The molecule has 1 aromatic rings. The Morgan fingerprint density at radius 2 is 2.12 bits per heavy atom. The molecule has 1 heterocycles. The molecule has 8 heavy (non-hydrogen) atoms. The van der Waals surface area contributed by atoms with E-state index in [1.165, 1.54) is 5.69 Å². The number of aryl methyl sites for hydroxylation is 2. The third-order valence-corrected chi connectivity index (χ3v) is 1.31. The van der Waals surface area contributed by atoms with Crippen LogP contribution in [0.25, 0.3) is 0 Å². The Labute approximate surface area is 49.6 Å². The van der Waals surface area contributed by atoms with Gasteiger partial charge in [-0.25, -0.2) is 4.57 Å². The van der Waals surface area contributed by atoms with E-state index in [-0.39, 0.29) is 0 Å². The van der Waals surface area contributed by atoms with Crippen LogP contribution in [0.5, 0.6) is 0 Å². The second-order valence-electron chi connectivity index (χ2n) is 1.95. The third-order valence-electron chi connectivity index (χ3n) is 1.31. The number of rotatable bonds is 0. The van der Waals surface area contributed by atoms with Gasteiger partial charge in [-0.05, 0) is 0 Å². The second-order valence-corrected chi connectivity index (χ2v) is 1.95. The van der Waals surface area contributed by atoms with Gasteiger partial charge >= 0.3 is 0 Å². The molecular formula is C7H10N+. The lowest BCUT2D eigenvalue weighted by Crippen LogP contribution is -2.30. The SMILES string of the molecule is Cc1cccc[n+]1C. The molecule has 0 amide bonds. The van der Waals surface area contributed by atoms with Crippen LogP contribution < -0.4 is 4.57 Å². The van der Waals surface area contributed by atoms with Crippen LogP contribution in [0.15, 0.2) is 24.4 Å². The maximum absolute atomic E-state index is 2.08. The number of pyridine rings is 1. The zero-order valence-corrected chi connectivity index (χ0v) is 5.26. The van der Waals surface area contributed by atoms with Crippen molar-refractivity contribution in [1.82, 2.24) is 0 Å². The van der Waals surface area contributed by atoms with Crippen LogP contribution >= 0.6 is 0 Å². The van der Waals surface area contributed by atoms with Gasteiger partial charge in [0, 0.05) is 19.1 Å². The molecule has 1 aromatic heterocycles. The van der Waals surface area contributed by atoms with Crippen molar-refractivity contribution in [3.05, 3.63) is 30.1 Å². The lowest BCUT2D eigenvalue weighted by molar-refractivity contribution is -0.677. The molecule has 0 saturated heterocycles. The van der Waals surface area contributed by atoms with Gasteiger partial charge in [-0.2, -0.15) is 0 Å². The summed E-state index contributed by atoms with van der Waals surface area (Å²) in [5.74, 6) is 0. The third kappa shape index (κ3) is 0.861. The van der Waals surface area contributed by atoms with Crippen molar-refractivity contribution < 1.29 is 4.57 Å². The van der Waals surface area contributed by atoms with Crippen molar-refractivity contribution in [1.29, 1.82) is 0 Å². The van der Waals surface area contributed by atoms with Gasteiger partial charge in [0.05, 0.1) is 0 Å². The molecule has 0 spiro atoms. The van der Waals surface area contributed by atoms with Crippen LogP contribution in [0.1, 0.15) is 5.69 Å². The first-order valence-corrected chi connectivity index (χ1v) is 2.72. The highest BCUT2D eigenvalue weighted by Crippen LogP contribution is 1.83. The van der Waals surface area contributed by atoms with Gasteiger partial charge in [0.2, 0.25) is 0 Å². The minimum absolute atomic E-state index is 1.28. The summed E-state index contributed by atoms with van der Waals surface area (Å²) in [5.41, 5.74) is 1.28. The molecule has 0 atom stereocenters. The topological polar surface area (TPSA) is 3.88 Å². The first-order chi connectivity index (χ1) is 3.80. The predicted octanol–water partition coefficient (Wildman–Crippen LogP) is 0.820. The molecule has 0 aromatic carbocycles. The van der Waals surface area contributed by atoms with Crippen molar-refractivity contribution in [3.8, 4) is 0 Å². The quantitative estimate of drug-likeness (QED) is 0.433. The maximum Gasteiger partial charge on any atom is 0.177 e. The molecule has 0 N–H and O–H groups in total. The minimum atomic E-state index is 1.28. The summed E-state index contributed by atoms with van der Waals surface area (Å²) in [6.07, 6.45) is 2.04. The highest BCUT2D eigenvalue weighted by molar-refractivity contribution is 4.93. The Morgan fingerprint density at radius 3 is 2.50 bits per heavy atom. The van der Waals surface area contributed by atoms with Crippen LogP contribution in [0.4, 0.5) is 0 Å². The summed E-state index contributed by atoms with van der Waals surface area (Å²) >= 11 is 0. The van der Waals surface area contributed by atoms with Crippen LogP contribution in [0.3, 0.4) is 0 Å². The van der Waals surface area contributed by atoms with E-state index in [0.717, 1.165) is 0 Å². The summed E-state index contributed by atoms with van der Waals surface area (Å²) in [6.45, 7) is 2.08. The van der Waals surface area contributed by atoms with Gasteiger partial charge < -0.3 is 0 Å². The Bertz CT molecular complexity index is 160. The van der Waals surface area contributed by atoms with Gasteiger partial charge in [0.15, 0.2) is 11.9 Å². The van der Waals surface area contributed by atoms with Crippen LogP contribution in [-0.2, 0) is 7.05 Å². The molecule has 1 nitrogen and oxygen atoms in total. The van der Waals surface area contributed by atoms with Crippen molar-refractivity contribution >= 4 is 0 Å². The van der Waals surface area contributed by atoms with Gasteiger partial charge in [0.25, 0.3) is 0 Å². The highest BCUT2D eigenvalue weighted by atomic mass is 14.9. The standard InChI is InChI=1S/C7H10N/c1-7-5-3-4-6-8(7)2/h3-6H,1-2H3/q+1. The molecule has 0 unspecified atom stereocenters. The minimum Gasteiger partial charge on any atom is -0.205 e. The Hall–Kier alpha value is -0.850. The molecule has 0 saturated carbocycles. The fraction of sp³-hybridized carbons (Fsp3) is 0.286. The summed E-state index contributed by atoms with van der Waals surface area (Å²) < 4.78 is 2.08. The van der Waals surface area contributed by atoms with E-state index in [1.54, 1.807) is 0 Å². The average molecular weight is 108 g/mol. The van der Waals surface area contributed by atoms with Gasteiger partial charge in [0.1, 0.15) is 7.05 Å². The van der Waals surface area contributed by atoms with Gasteiger partial charge in [-0.1, -0.05) is 6.07 Å². The molecule has 0 radical (unpaired) electrons. The van der Waals surface area contributed by atoms with E-state index in [0.29, 0.717) is 0 Å². The Balaban J connectivity index is 3.13. The van der Waals surface area contributed by atoms with Crippen molar-refractivity contribution in [2.45, 2.75) is 6.92 Å². The molecule has 1 rings (SSSR count). The summed E-state index contributed by atoms with van der Waals surface area (Å²) in [4.78, 5) is 0. The number of hydrogen-bond acceptors (Lipinski definition) is 0. The molecule has 0 aliphatic heterocycles. The van der Waals surface area contributed by atoms with Crippen molar-refractivity contribution in [2.24, 2.45) is 7.05 Å². The lowest BCUT2D eigenvalue weighted by Gasteiger charge is -1.87. The second kappa shape index (κ2) is 1.95. The van der Waals surface area contributed by atoms with Crippen molar-refractivity contribution in [2.75, 3.05) is 0 Å². The summed E-state index contributed by atoms with van der Waals surface area (Å²) in [5, 5.41) is 0. The largest absolute Gasteiger partial charge is 0.205 e. The predicted molar refractivity (Wildman–Crippen MR) is 32.4 cm³/mol. The zero-order chi connectivity index (χ0) is 5.98. The van der Waals surface area contributed by atoms with Gasteiger partial charge in [-0.15, -0.1) is 0 Å². The monoisotopic (exact) mass is 108 g/mol. The number of aromatic nitrogens is 1. The summed E-state index contributed by atoms with van der Waals surface area (Å²) in [7, 11) is 2.04. The van der Waals surface area contributed by atoms with E-state index in [9.17, 15) is 0 Å². The number of nitrogens with zero attached hydrogens (tertiary/aromatic N) is 1. The molecule has 0 bridgehead atoms. The molecule has 42 valence electrons. The van der Waals surface area contributed by atoms with Crippen molar-refractivity contribution in [3.63, 3.8) is 0 Å². The molecule has 0 fully saturated rings. The van der Waals surface area contributed by atoms with E-state index < -0.39 is 0 Å². The molecule has 1 heteroatoms. The normalized spacial score (nSPS) is 9.25. The maximum atomic E-state index is 2.08.